The quantitative estimate of drug-likeness (QED) is 0.342. The van der Waals surface area contributed by atoms with Gasteiger partial charge in [0.15, 0.2) is 6.61 Å². The molecule has 1 unspecified atom stereocenters. The van der Waals surface area contributed by atoms with Crippen LogP contribution in [0, 0.1) is 0 Å². The lowest BCUT2D eigenvalue weighted by Crippen LogP contribution is -2.28. The first-order chi connectivity index (χ1) is 15.6. The molecule has 0 saturated carbocycles. The summed E-state index contributed by atoms with van der Waals surface area (Å²) in [4.78, 5) is 24.0. The Labute approximate surface area is 191 Å². The Kier molecular flexibility index (Phi) is 8.94. The zero-order chi connectivity index (χ0) is 22.6. The molecule has 2 aromatic carbocycles. The molecule has 0 aliphatic heterocycles. The zero-order valence-electron chi connectivity index (χ0n) is 17.7. The van der Waals surface area contributed by atoms with Gasteiger partial charge in [-0.25, -0.2) is 5.43 Å². The van der Waals surface area contributed by atoms with Crippen LogP contribution in [0.2, 0.25) is 0 Å². The summed E-state index contributed by atoms with van der Waals surface area (Å²) in [5.41, 5.74) is 4.54. The maximum absolute atomic E-state index is 12.2. The summed E-state index contributed by atoms with van der Waals surface area (Å²) in [6, 6.07) is 20.6. The molecule has 0 spiro atoms. The van der Waals surface area contributed by atoms with Crippen molar-refractivity contribution >= 4 is 29.8 Å². The first-order valence-corrected chi connectivity index (χ1v) is 11.2. The molecule has 8 heteroatoms. The van der Waals surface area contributed by atoms with Gasteiger partial charge in [0.05, 0.1) is 24.3 Å². The van der Waals surface area contributed by atoms with Crippen LogP contribution in [-0.4, -0.2) is 29.9 Å². The van der Waals surface area contributed by atoms with Gasteiger partial charge in [0, 0.05) is 5.75 Å². The van der Waals surface area contributed by atoms with Crippen molar-refractivity contribution in [3.63, 3.8) is 0 Å². The largest absolute Gasteiger partial charge is 0.484 e. The Morgan fingerprint density at radius 3 is 2.59 bits per heavy atom. The summed E-state index contributed by atoms with van der Waals surface area (Å²) >= 11 is 1.56. The summed E-state index contributed by atoms with van der Waals surface area (Å²) in [5.74, 6) is 1.61. The molecule has 0 radical (unpaired) electrons. The molecule has 1 heterocycles. The second-order valence-electron chi connectivity index (χ2n) is 6.89. The molecule has 0 saturated heterocycles. The molecule has 1 aromatic heterocycles. The number of thioether (sulfide) groups is 1. The zero-order valence-corrected chi connectivity index (χ0v) is 18.5. The van der Waals surface area contributed by atoms with Gasteiger partial charge in [-0.2, -0.15) is 5.10 Å². The van der Waals surface area contributed by atoms with Crippen molar-refractivity contribution in [2.75, 3.05) is 6.61 Å². The van der Waals surface area contributed by atoms with Crippen LogP contribution in [0.5, 0.6) is 5.75 Å². The molecule has 0 aliphatic carbocycles. The van der Waals surface area contributed by atoms with Gasteiger partial charge in [-0.1, -0.05) is 30.3 Å². The number of ether oxygens (including phenoxy) is 1. The number of hydrazone groups is 1. The predicted molar refractivity (Wildman–Crippen MR) is 125 cm³/mol. The van der Waals surface area contributed by atoms with E-state index in [1.807, 2.05) is 37.3 Å². The van der Waals surface area contributed by atoms with Crippen molar-refractivity contribution in [3.05, 3.63) is 89.9 Å². The van der Waals surface area contributed by atoms with Crippen LogP contribution in [-0.2, 0) is 21.9 Å². The van der Waals surface area contributed by atoms with E-state index < -0.39 is 0 Å². The summed E-state index contributed by atoms with van der Waals surface area (Å²) in [6.07, 6.45) is 3.12. The SMILES string of the molecule is CC(SCc1ccccc1)C(=O)NN=Cc1ccc(OCC(=O)NCc2ccco2)cc1. The van der Waals surface area contributed by atoms with E-state index >= 15 is 0 Å². The molecular weight excluding hydrogens is 426 g/mol. The fourth-order valence-corrected chi connectivity index (χ4v) is 3.42. The van der Waals surface area contributed by atoms with Crippen LogP contribution in [0.15, 0.2) is 82.5 Å². The van der Waals surface area contributed by atoms with Crippen molar-refractivity contribution in [2.24, 2.45) is 5.10 Å². The number of amides is 2. The number of rotatable bonds is 11. The minimum absolute atomic E-state index is 0.0945. The maximum atomic E-state index is 12.2. The van der Waals surface area contributed by atoms with E-state index in [0.717, 1.165) is 11.3 Å². The average molecular weight is 452 g/mol. The molecule has 166 valence electrons. The predicted octanol–water partition coefficient (Wildman–Crippen LogP) is 3.75. The Balaban J connectivity index is 1.35. The Hall–Kier alpha value is -3.52. The van der Waals surface area contributed by atoms with Crippen LogP contribution in [0.3, 0.4) is 0 Å². The monoisotopic (exact) mass is 451 g/mol. The number of nitrogens with zero attached hydrogens (tertiary/aromatic N) is 1. The molecule has 0 fully saturated rings. The van der Waals surface area contributed by atoms with Gasteiger partial charge in [-0.05, 0) is 54.4 Å². The smallest absolute Gasteiger partial charge is 0.258 e. The molecule has 0 aliphatic rings. The van der Waals surface area contributed by atoms with E-state index in [4.69, 9.17) is 9.15 Å². The number of furan rings is 1. The van der Waals surface area contributed by atoms with Crippen molar-refractivity contribution < 1.29 is 18.7 Å². The highest BCUT2D eigenvalue weighted by molar-refractivity contribution is 7.99. The van der Waals surface area contributed by atoms with Crippen LogP contribution in [0.4, 0.5) is 0 Å². The van der Waals surface area contributed by atoms with Crippen LogP contribution in [0.25, 0.3) is 0 Å². The third kappa shape index (κ3) is 7.96. The summed E-state index contributed by atoms with van der Waals surface area (Å²) in [5, 5.41) is 6.51. The molecule has 3 aromatic rings. The summed E-state index contributed by atoms with van der Waals surface area (Å²) in [7, 11) is 0. The van der Waals surface area contributed by atoms with Crippen LogP contribution < -0.4 is 15.5 Å². The van der Waals surface area contributed by atoms with Crippen LogP contribution in [0.1, 0.15) is 23.8 Å². The number of hydrogen-bond acceptors (Lipinski definition) is 6. The van der Waals surface area contributed by atoms with Gasteiger partial charge >= 0.3 is 0 Å². The molecule has 7 nitrogen and oxygen atoms in total. The number of benzene rings is 2. The lowest BCUT2D eigenvalue weighted by molar-refractivity contribution is -0.123. The number of carbonyl (C=O) groups excluding carboxylic acids is 2. The lowest BCUT2D eigenvalue weighted by Gasteiger charge is -2.09. The highest BCUT2D eigenvalue weighted by atomic mass is 32.2. The fraction of sp³-hybridized carbons (Fsp3) is 0.208. The Morgan fingerprint density at radius 1 is 1.09 bits per heavy atom. The molecule has 2 amide bonds. The van der Waals surface area contributed by atoms with E-state index in [1.165, 1.54) is 5.56 Å². The first kappa shape index (κ1) is 23.1. The Morgan fingerprint density at radius 2 is 1.88 bits per heavy atom. The number of nitrogens with one attached hydrogen (secondary N) is 2. The van der Waals surface area contributed by atoms with E-state index in [0.29, 0.717) is 18.1 Å². The molecule has 0 bridgehead atoms. The first-order valence-electron chi connectivity index (χ1n) is 10.1. The van der Waals surface area contributed by atoms with Crippen molar-refractivity contribution in [3.8, 4) is 5.75 Å². The molecule has 3 rings (SSSR count). The van der Waals surface area contributed by atoms with E-state index in [-0.39, 0.29) is 23.7 Å². The minimum atomic E-state index is -0.242. The standard InChI is InChI=1S/C24H25N3O4S/c1-18(32-17-20-6-3-2-4-7-20)24(29)27-26-14-19-9-11-21(12-10-19)31-16-23(28)25-15-22-8-5-13-30-22/h2-14,18H,15-17H2,1H3,(H,25,28)(H,27,29). The van der Waals surface area contributed by atoms with Crippen molar-refractivity contribution in [1.29, 1.82) is 0 Å². The molecule has 2 N–H and O–H groups in total. The molecule has 1 atom stereocenters. The van der Waals surface area contributed by atoms with Gasteiger partial charge in [0.2, 0.25) is 0 Å². The summed E-state index contributed by atoms with van der Waals surface area (Å²) in [6.45, 7) is 2.08. The van der Waals surface area contributed by atoms with Gasteiger partial charge in [-0.3, -0.25) is 9.59 Å². The van der Waals surface area contributed by atoms with E-state index in [9.17, 15) is 9.59 Å². The van der Waals surface area contributed by atoms with E-state index in [1.54, 1.807) is 60.6 Å². The third-order valence-corrected chi connectivity index (χ3v) is 5.60. The van der Waals surface area contributed by atoms with E-state index in [2.05, 4.69) is 15.8 Å². The number of hydrogen-bond donors (Lipinski definition) is 2. The highest BCUT2D eigenvalue weighted by Gasteiger charge is 2.12. The third-order valence-electron chi connectivity index (χ3n) is 4.39. The van der Waals surface area contributed by atoms with Crippen LogP contribution >= 0.6 is 11.8 Å². The Bertz CT molecular complexity index is 1010. The molecular formula is C24H25N3O4S. The highest BCUT2D eigenvalue weighted by Crippen LogP contribution is 2.17. The maximum Gasteiger partial charge on any atom is 0.258 e. The lowest BCUT2D eigenvalue weighted by atomic mass is 10.2. The second-order valence-corrected chi connectivity index (χ2v) is 8.22. The van der Waals surface area contributed by atoms with Gasteiger partial charge < -0.3 is 14.5 Å². The summed E-state index contributed by atoms with van der Waals surface area (Å²) < 4.78 is 10.6. The number of carbonyl (C=O) groups is 2. The average Bonchev–Trinajstić information content (AvgIpc) is 3.35. The minimum Gasteiger partial charge on any atom is -0.484 e. The molecule has 32 heavy (non-hydrogen) atoms. The second kappa shape index (κ2) is 12.4. The van der Waals surface area contributed by atoms with Crippen molar-refractivity contribution in [1.82, 2.24) is 10.7 Å². The van der Waals surface area contributed by atoms with Gasteiger partial charge in [-0.15, -0.1) is 11.8 Å². The topological polar surface area (TPSA) is 92.9 Å². The van der Waals surface area contributed by atoms with Gasteiger partial charge in [0.25, 0.3) is 11.8 Å². The van der Waals surface area contributed by atoms with Crippen molar-refractivity contribution in [2.45, 2.75) is 24.5 Å². The van der Waals surface area contributed by atoms with Gasteiger partial charge in [0.1, 0.15) is 11.5 Å². The fourth-order valence-electron chi connectivity index (χ4n) is 2.58. The normalized spacial score (nSPS) is 11.8.